The molecule has 26 heavy (non-hydrogen) atoms. The Labute approximate surface area is 207 Å². The Bertz CT molecular complexity index is 305. The van der Waals surface area contributed by atoms with Crippen LogP contribution in [0.15, 0.2) is 0 Å². The zero-order valence-corrected chi connectivity index (χ0v) is 20.8. The fourth-order valence-electron chi connectivity index (χ4n) is 0. The van der Waals surface area contributed by atoms with Crippen LogP contribution in [-0.2, 0) is 96.9 Å². The fourth-order valence-corrected chi connectivity index (χ4v) is 0. The Morgan fingerprint density at radius 1 is 0.308 bits per heavy atom. The Balaban J connectivity index is -0.0000000152. The molecule has 0 N–H and O–H groups in total. The summed E-state index contributed by atoms with van der Waals surface area (Å²) in [4.78, 5) is 103. The molecule has 0 rings (SSSR count). The fraction of sp³-hybridized carbons (Fsp3) is 1.00. The average molecular weight is 702 g/mol. The maximum atomic E-state index is 8.55. The van der Waals surface area contributed by atoms with E-state index in [4.69, 9.17) is 77.0 Å². The van der Waals surface area contributed by atoms with Crippen molar-refractivity contribution >= 4 is 31.3 Å². The molecule has 0 saturated heterocycles. The van der Waals surface area contributed by atoms with E-state index in [1.165, 1.54) is 0 Å². The maximum absolute atomic E-state index is 8.55. The van der Waals surface area contributed by atoms with E-state index in [9.17, 15) is 0 Å². The normalized spacial score (nSPS) is 9.08. The van der Waals surface area contributed by atoms with Crippen molar-refractivity contribution in [3.63, 3.8) is 0 Å². The molecule has 0 aromatic carbocycles. The largest absolute Gasteiger partial charge is 4.00 e. The summed E-state index contributed by atoms with van der Waals surface area (Å²) in [5.41, 5.74) is 0. The van der Waals surface area contributed by atoms with Crippen molar-refractivity contribution < 1.29 is 156 Å². The van der Waals surface area contributed by atoms with Crippen LogP contribution in [0, 0.1) is 0 Å². The predicted octanol–water partition coefficient (Wildman–Crippen LogP) is -9.40. The van der Waals surface area contributed by atoms with Crippen LogP contribution in [0.1, 0.15) is 22.3 Å². The SMILES string of the molecule is C.C.C.O=P([O-])([O-])[O-].O=P([O-])([O-])[O-].O=P([O-])([O-])[O-].O=P([O-])([O-])[O-].[Zr+4].[Zr+4].[Zr+4]. The molecule has 16 nitrogen and oxygen atoms in total. The van der Waals surface area contributed by atoms with Crippen LogP contribution in [-0.4, -0.2) is 0 Å². The summed E-state index contributed by atoms with van der Waals surface area (Å²) in [5.74, 6) is 0. The van der Waals surface area contributed by atoms with Crippen molar-refractivity contribution in [1.82, 2.24) is 0 Å². The van der Waals surface area contributed by atoms with Gasteiger partial charge in [0.05, 0.1) is 0 Å². The number of hydrogen-bond donors (Lipinski definition) is 0. The second-order valence-electron chi connectivity index (χ2n) is 1.79. The summed E-state index contributed by atoms with van der Waals surface area (Å²) < 4.78 is 34.2. The summed E-state index contributed by atoms with van der Waals surface area (Å²) in [6.07, 6.45) is 0. The summed E-state index contributed by atoms with van der Waals surface area (Å²) in [5, 5.41) is 0. The van der Waals surface area contributed by atoms with E-state index in [1.807, 2.05) is 0 Å². The molecule has 0 aromatic rings. The average Bonchev–Trinajstić information content (AvgIpc) is 1.62. The summed E-state index contributed by atoms with van der Waals surface area (Å²) in [6, 6.07) is 0. The van der Waals surface area contributed by atoms with E-state index in [2.05, 4.69) is 0 Å². The number of phosphoric acid groups is 4. The standard InChI is InChI=1S/3CH4.4H3O4P.3Zr/c;;;4*1-5(2,3)4;;;/h3*1H4;4*(H3,1,2,3,4);;;/q;;;;;;;3*+4/p-12. The zero-order valence-electron chi connectivity index (χ0n) is 9.82. The minimum absolute atomic E-state index is 0. The summed E-state index contributed by atoms with van der Waals surface area (Å²) in [7, 11) is -21.6. The van der Waals surface area contributed by atoms with Crippen LogP contribution in [0.5, 0.6) is 0 Å². The first-order valence-corrected chi connectivity index (χ1v) is 8.76. The van der Waals surface area contributed by atoms with Crippen molar-refractivity contribution in [3.05, 3.63) is 0 Å². The van der Waals surface area contributed by atoms with Crippen LogP contribution >= 0.6 is 31.3 Å². The first-order chi connectivity index (χ1) is 8.00. The molecule has 0 aliphatic carbocycles. The molecular weight excluding hydrogens is 690 g/mol. The maximum Gasteiger partial charge on any atom is 4.00 e. The van der Waals surface area contributed by atoms with Crippen molar-refractivity contribution in [3.8, 4) is 0 Å². The Hall–Kier alpha value is 3.09. The predicted molar refractivity (Wildman–Crippen MR) is 50.6 cm³/mol. The van der Waals surface area contributed by atoms with Gasteiger partial charge in [-0.3, -0.25) is 0 Å². The van der Waals surface area contributed by atoms with Crippen LogP contribution in [0.3, 0.4) is 0 Å². The van der Waals surface area contributed by atoms with Gasteiger partial charge >= 0.3 is 78.6 Å². The van der Waals surface area contributed by atoms with Crippen LogP contribution in [0.4, 0.5) is 0 Å². The van der Waals surface area contributed by atoms with Gasteiger partial charge in [0.2, 0.25) is 0 Å². The van der Waals surface area contributed by atoms with Crippen molar-refractivity contribution in [2.45, 2.75) is 22.3 Å². The first kappa shape index (κ1) is 63.0. The molecule has 0 aromatic heterocycles. The Morgan fingerprint density at radius 3 is 0.308 bits per heavy atom. The minimum Gasteiger partial charge on any atom is -0.822 e. The van der Waals surface area contributed by atoms with Gasteiger partial charge in [-0.2, -0.15) is 31.3 Å². The second kappa shape index (κ2) is 28.1. The van der Waals surface area contributed by atoms with Crippen molar-refractivity contribution in [1.29, 1.82) is 0 Å². The molecule has 0 atom stereocenters. The third kappa shape index (κ3) is 1930. The molecule has 152 valence electrons. The topological polar surface area (TPSA) is 345 Å². The molecule has 0 unspecified atom stereocenters. The molecule has 0 radical (unpaired) electrons. The van der Waals surface area contributed by atoms with E-state index < -0.39 is 31.3 Å². The molecular formula is C3H12O16P4Zr3. The molecule has 0 fully saturated rings. The molecule has 23 heteroatoms. The molecule has 0 amide bonds. The quantitative estimate of drug-likeness (QED) is 0.212. The Kier molecular flexibility index (Phi) is 68.0. The molecule has 0 aliphatic rings. The molecule has 0 aliphatic heterocycles. The van der Waals surface area contributed by atoms with Crippen molar-refractivity contribution in [2.75, 3.05) is 0 Å². The van der Waals surface area contributed by atoms with Gasteiger partial charge in [-0.05, 0) is 0 Å². The third-order valence-corrected chi connectivity index (χ3v) is 0. The number of hydrogen-bond acceptors (Lipinski definition) is 16. The van der Waals surface area contributed by atoms with Gasteiger partial charge in [0.15, 0.2) is 0 Å². The monoisotopic (exact) mass is 698 g/mol. The van der Waals surface area contributed by atoms with Gasteiger partial charge in [0.25, 0.3) is 0 Å². The van der Waals surface area contributed by atoms with Gasteiger partial charge in [0, 0.05) is 0 Å². The van der Waals surface area contributed by atoms with Crippen LogP contribution < -0.4 is 58.7 Å². The Morgan fingerprint density at radius 2 is 0.308 bits per heavy atom. The smallest absolute Gasteiger partial charge is 0.822 e. The summed E-state index contributed by atoms with van der Waals surface area (Å²) in [6.45, 7) is 0. The van der Waals surface area contributed by atoms with E-state index >= 15 is 0 Å². The van der Waals surface area contributed by atoms with E-state index in [-0.39, 0.29) is 101 Å². The van der Waals surface area contributed by atoms with Crippen LogP contribution in [0.25, 0.3) is 0 Å². The van der Waals surface area contributed by atoms with E-state index in [0.717, 1.165) is 0 Å². The molecule has 0 bridgehead atoms. The van der Waals surface area contributed by atoms with Gasteiger partial charge in [0.1, 0.15) is 0 Å². The third-order valence-electron chi connectivity index (χ3n) is 0. The first-order valence-electron chi connectivity index (χ1n) is 2.92. The van der Waals surface area contributed by atoms with Gasteiger partial charge in [-0.1, -0.05) is 22.3 Å². The van der Waals surface area contributed by atoms with Gasteiger partial charge in [-0.25, -0.2) is 0 Å². The summed E-state index contributed by atoms with van der Waals surface area (Å²) >= 11 is 0. The minimum atomic E-state index is -5.39. The van der Waals surface area contributed by atoms with Crippen LogP contribution in [0.2, 0.25) is 0 Å². The second-order valence-corrected chi connectivity index (χ2v) is 5.37. The van der Waals surface area contributed by atoms with E-state index in [1.54, 1.807) is 0 Å². The molecule has 0 spiro atoms. The van der Waals surface area contributed by atoms with Crippen molar-refractivity contribution in [2.24, 2.45) is 0 Å². The van der Waals surface area contributed by atoms with Gasteiger partial charge < -0.3 is 77.0 Å². The molecule has 0 heterocycles. The molecule has 0 saturated carbocycles. The number of rotatable bonds is 0. The van der Waals surface area contributed by atoms with Gasteiger partial charge in [-0.15, -0.1) is 0 Å². The zero-order chi connectivity index (χ0) is 18.0. The van der Waals surface area contributed by atoms with E-state index in [0.29, 0.717) is 0 Å².